The van der Waals surface area contributed by atoms with E-state index in [4.69, 9.17) is 15.3 Å². The number of hydrogen-bond donors (Lipinski definition) is 2. The van der Waals surface area contributed by atoms with Crippen LogP contribution in [0, 0.1) is 5.92 Å². The van der Waals surface area contributed by atoms with Crippen LogP contribution in [-0.4, -0.2) is 39.3 Å². The highest BCUT2D eigenvalue weighted by molar-refractivity contribution is 5.84. The van der Waals surface area contributed by atoms with Crippen LogP contribution in [0.3, 0.4) is 0 Å². The van der Waals surface area contributed by atoms with Gasteiger partial charge in [0, 0.05) is 19.6 Å². The van der Waals surface area contributed by atoms with Gasteiger partial charge < -0.3 is 14.9 Å². The summed E-state index contributed by atoms with van der Waals surface area (Å²) in [6.07, 6.45) is 2.17. The lowest BCUT2D eigenvalue weighted by molar-refractivity contribution is 0.0757. The van der Waals surface area contributed by atoms with E-state index in [1.165, 1.54) is 0 Å². The molecule has 0 saturated carbocycles. The lowest BCUT2D eigenvalue weighted by Crippen LogP contribution is -2.40. The summed E-state index contributed by atoms with van der Waals surface area (Å²) in [5.74, 6) is 6.57. The first-order valence-electron chi connectivity index (χ1n) is 4.96. The number of hydrazine groups is 1. The summed E-state index contributed by atoms with van der Waals surface area (Å²) < 4.78 is 10.3. The van der Waals surface area contributed by atoms with E-state index in [2.05, 4.69) is 10.4 Å². The fourth-order valence-corrected chi connectivity index (χ4v) is 1.51. The van der Waals surface area contributed by atoms with E-state index in [9.17, 15) is 0 Å². The van der Waals surface area contributed by atoms with Crippen molar-refractivity contribution in [3.8, 4) is 0 Å². The Kier molecular flexibility index (Phi) is 5.51. The summed E-state index contributed by atoms with van der Waals surface area (Å²) in [6, 6.07) is 0. The van der Waals surface area contributed by atoms with Gasteiger partial charge in [0.2, 0.25) is 0 Å². The third-order valence-electron chi connectivity index (χ3n) is 2.27. The van der Waals surface area contributed by atoms with Crippen molar-refractivity contribution in [3.05, 3.63) is 0 Å². The van der Waals surface area contributed by atoms with Crippen molar-refractivity contribution in [2.75, 3.05) is 33.5 Å². The first-order valence-corrected chi connectivity index (χ1v) is 4.96. The average Bonchev–Trinajstić information content (AvgIpc) is 2.26. The van der Waals surface area contributed by atoms with E-state index in [1.54, 1.807) is 7.11 Å². The fourth-order valence-electron chi connectivity index (χ4n) is 1.51. The Hall–Kier alpha value is -0.650. The van der Waals surface area contributed by atoms with Gasteiger partial charge in [-0.25, -0.2) is 5.84 Å². The second kappa shape index (κ2) is 6.75. The van der Waals surface area contributed by atoms with E-state index >= 15 is 0 Å². The molecule has 0 aromatic heterocycles. The summed E-state index contributed by atoms with van der Waals surface area (Å²) in [6.45, 7) is 2.84. The standard InChI is InChI=1S/C9H19N3O2/c1-13-6-4-11-9(12-10)8-3-2-5-14-7-8/h8H,2-7,10H2,1H3,(H,11,12). The molecule has 0 amide bonds. The van der Waals surface area contributed by atoms with Crippen LogP contribution in [-0.2, 0) is 9.47 Å². The number of ether oxygens (including phenoxy) is 2. The number of nitrogens with one attached hydrogen (secondary N) is 1. The lowest BCUT2D eigenvalue weighted by Gasteiger charge is -2.23. The maximum absolute atomic E-state index is 5.41. The molecule has 5 nitrogen and oxygen atoms in total. The van der Waals surface area contributed by atoms with Gasteiger partial charge in [0.1, 0.15) is 5.84 Å². The molecule has 82 valence electrons. The summed E-state index contributed by atoms with van der Waals surface area (Å²) in [7, 11) is 1.66. The molecule has 0 radical (unpaired) electrons. The lowest BCUT2D eigenvalue weighted by atomic mass is 10.0. The van der Waals surface area contributed by atoms with E-state index in [0.29, 0.717) is 19.1 Å². The molecule has 1 rings (SSSR count). The Labute approximate surface area is 84.6 Å². The number of hydrogen-bond acceptors (Lipinski definition) is 4. The predicted molar refractivity (Wildman–Crippen MR) is 55.0 cm³/mol. The molecule has 1 unspecified atom stereocenters. The summed E-state index contributed by atoms with van der Waals surface area (Å²) >= 11 is 0. The van der Waals surface area contributed by atoms with Gasteiger partial charge in [0.15, 0.2) is 0 Å². The van der Waals surface area contributed by atoms with Crippen LogP contribution >= 0.6 is 0 Å². The topological polar surface area (TPSA) is 68.9 Å². The van der Waals surface area contributed by atoms with E-state index in [1.807, 2.05) is 0 Å². The Balaban J connectivity index is 2.38. The van der Waals surface area contributed by atoms with E-state index in [0.717, 1.165) is 31.9 Å². The number of amidine groups is 1. The molecule has 5 heteroatoms. The number of methoxy groups -OCH3 is 1. The Morgan fingerprint density at radius 1 is 1.71 bits per heavy atom. The van der Waals surface area contributed by atoms with Crippen LogP contribution < -0.4 is 11.3 Å². The molecule has 1 fully saturated rings. The Morgan fingerprint density at radius 2 is 2.57 bits per heavy atom. The summed E-state index contributed by atoms with van der Waals surface area (Å²) in [5, 5.41) is 0. The highest BCUT2D eigenvalue weighted by Crippen LogP contribution is 2.13. The van der Waals surface area contributed by atoms with Crippen molar-refractivity contribution in [3.63, 3.8) is 0 Å². The van der Waals surface area contributed by atoms with Crippen molar-refractivity contribution < 1.29 is 9.47 Å². The van der Waals surface area contributed by atoms with Crippen LogP contribution in [0.25, 0.3) is 0 Å². The van der Waals surface area contributed by atoms with Crippen LogP contribution in [0.5, 0.6) is 0 Å². The molecule has 0 spiro atoms. The number of rotatable bonds is 4. The smallest absolute Gasteiger partial charge is 0.116 e. The minimum atomic E-state index is 0.325. The molecule has 14 heavy (non-hydrogen) atoms. The first-order chi connectivity index (χ1) is 6.88. The van der Waals surface area contributed by atoms with Crippen LogP contribution in [0.2, 0.25) is 0 Å². The summed E-state index contributed by atoms with van der Waals surface area (Å²) in [4.78, 5) is 4.33. The van der Waals surface area contributed by atoms with Gasteiger partial charge in [0.25, 0.3) is 0 Å². The molecule has 1 aliphatic heterocycles. The second-order valence-electron chi connectivity index (χ2n) is 3.32. The SMILES string of the molecule is COCCN=C(NN)C1CCCOC1. The van der Waals surface area contributed by atoms with Crippen molar-refractivity contribution in [1.82, 2.24) is 5.43 Å². The molecule has 1 saturated heterocycles. The Bertz CT molecular complexity index is 179. The van der Waals surface area contributed by atoms with Gasteiger partial charge in [-0.3, -0.25) is 4.99 Å². The van der Waals surface area contributed by atoms with Crippen LogP contribution in [0.4, 0.5) is 0 Å². The number of nitrogens with zero attached hydrogens (tertiary/aromatic N) is 1. The van der Waals surface area contributed by atoms with Crippen molar-refractivity contribution in [1.29, 1.82) is 0 Å². The predicted octanol–water partition coefficient (Wildman–Crippen LogP) is -0.0788. The normalized spacial score (nSPS) is 23.6. The molecule has 0 bridgehead atoms. The molecule has 1 atom stereocenters. The maximum atomic E-state index is 5.41. The van der Waals surface area contributed by atoms with Gasteiger partial charge in [-0.2, -0.15) is 0 Å². The second-order valence-corrected chi connectivity index (χ2v) is 3.32. The molecule has 1 aliphatic rings. The maximum Gasteiger partial charge on any atom is 0.116 e. The third-order valence-corrected chi connectivity index (χ3v) is 2.27. The third kappa shape index (κ3) is 3.61. The molecule has 0 aromatic carbocycles. The van der Waals surface area contributed by atoms with Crippen LogP contribution in [0.1, 0.15) is 12.8 Å². The molecule has 0 aromatic rings. The van der Waals surface area contributed by atoms with Crippen LogP contribution in [0.15, 0.2) is 4.99 Å². The zero-order valence-corrected chi connectivity index (χ0v) is 8.66. The monoisotopic (exact) mass is 201 g/mol. The van der Waals surface area contributed by atoms with Gasteiger partial charge >= 0.3 is 0 Å². The van der Waals surface area contributed by atoms with E-state index in [-0.39, 0.29) is 0 Å². The zero-order chi connectivity index (χ0) is 10.2. The van der Waals surface area contributed by atoms with Crippen molar-refractivity contribution in [2.45, 2.75) is 12.8 Å². The zero-order valence-electron chi connectivity index (χ0n) is 8.66. The number of nitrogens with two attached hydrogens (primary N) is 1. The summed E-state index contributed by atoms with van der Waals surface area (Å²) in [5.41, 5.74) is 2.65. The number of aliphatic imine (C=N–C) groups is 1. The van der Waals surface area contributed by atoms with Crippen molar-refractivity contribution >= 4 is 5.84 Å². The molecular weight excluding hydrogens is 182 g/mol. The molecule has 3 N–H and O–H groups in total. The minimum absolute atomic E-state index is 0.325. The van der Waals surface area contributed by atoms with E-state index < -0.39 is 0 Å². The highest BCUT2D eigenvalue weighted by Gasteiger charge is 2.18. The average molecular weight is 201 g/mol. The minimum Gasteiger partial charge on any atom is -0.383 e. The largest absolute Gasteiger partial charge is 0.383 e. The van der Waals surface area contributed by atoms with Crippen molar-refractivity contribution in [2.24, 2.45) is 16.8 Å². The highest BCUT2D eigenvalue weighted by atomic mass is 16.5. The van der Waals surface area contributed by atoms with Gasteiger partial charge in [0.05, 0.1) is 19.8 Å². The molecule has 1 heterocycles. The van der Waals surface area contributed by atoms with Gasteiger partial charge in [-0.15, -0.1) is 0 Å². The molecular formula is C9H19N3O2. The van der Waals surface area contributed by atoms with Gasteiger partial charge in [-0.05, 0) is 12.8 Å². The molecule has 0 aliphatic carbocycles. The fraction of sp³-hybridized carbons (Fsp3) is 0.889. The van der Waals surface area contributed by atoms with Gasteiger partial charge in [-0.1, -0.05) is 0 Å². The quantitative estimate of drug-likeness (QED) is 0.219. The first kappa shape index (κ1) is 11.4. The Morgan fingerprint density at radius 3 is 3.14 bits per heavy atom.